The zero-order valence-corrected chi connectivity index (χ0v) is 20.8. The van der Waals surface area contributed by atoms with E-state index in [1.807, 2.05) is 26.3 Å². The van der Waals surface area contributed by atoms with Gasteiger partial charge in [-0.3, -0.25) is 0 Å². The van der Waals surface area contributed by atoms with Gasteiger partial charge >= 0.3 is 0 Å². The summed E-state index contributed by atoms with van der Waals surface area (Å²) in [5, 5.41) is 0. The first-order valence-electron chi connectivity index (χ1n) is 13.3. The van der Waals surface area contributed by atoms with Crippen LogP contribution in [0.2, 0.25) is 0 Å². The number of allylic oxidation sites excluding steroid dienone is 1. The molecule has 1 aromatic rings. The first kappa shape index (κ1) is 21.3. The van der Waals surface area contributed by atoms with Gasteiger partial charge in [0.05, 0.1) is 11.8 Å². The predicted molar refractivity (Wildman–Crippen MR) is 129 cm³/mol. The Morgan fingerprint density at radius 2 is 1.97 bits per heavy atom. The third kappa shape index (κ3) is 2.70. The summed E-state index contributed by atoms with van der Waals surface area (Å²) in [6, 6.07) is 2.02. The molecule has 0 bridgehead atoms. The molecule has 0 aromatic carbocycles. The fraction of sp³-hybridized carbons (Fsp3) is 0.793. The lowest BCUT2D eigenvalue weighted by molar-refractivity contribution is -0.160. The highest BCUT2D eigenvalue weighted by atomic mass is 16.5. The maximum atomic E-state index is 6.29. The second-order valence-corrected chi connectivity index (χ2v) is 12.7. The van der Waals surface area contributed by atoms with Crippen LogP contribution >= 0.6 is 0 Å². The number of aryl methyl sites for hydroxylation is 1. The first-order valence-corrected chi connectivity index (χ1v) is 13.3. The van der Waals surface area contributed by atoms with Crippen LogP contribution < -0.4 is 0 Å². The maximum absolute atomic E-state index is 6.29. The molecule has 5 aliphatic rings. The summed E-state index contributed by atoms with van der Waals surface area (Å²) in [4.78, 5) is 8.82. The number of aromatic nitrogens is 2. The zero-order chi connectivity index (χ0) is 22.3. The molecule has 32 heavy (non-hydrogen) atoms. The van der Waals surface area contributed by atoms with Crippen molar-refractivity contribution in [3.63, 3.8) is 0 Å². The topological polar surface area (TPSA) is 35.0 Å². The molecule has 3 heteroatoms. The van der Waals surface area contributed by atoms with Crippen LogP contribution in [0.4, 0.5) is 0 Å². The van der Waals surface area contributed by atoms with Gasteiger partial charge in [0.15, 0.2) is 0 Å². The SMILES string of the molecule is CO[C@@H]1C[C@H]2[C@@H]3CC[C@H]([C@H](C)/C=C/c4ccnc(C)n4)[C@@]3(C)CC[C@@H]2[C@@]2(C)CC[C@@H]3CC312. The molecule has 5 aliphatic carbocycles. The van der Waals surface area contributed by atoms with Crippen LogP contribution in [-0.4, -0.2) is 23.2 Å². The number of rotatable bonds is 4. The Bertz CT molecular complexity index is 927. The molecule has 5 fully saturated rings. The second kappa shape index (κ2) is 7.14. The van der Waals surface area contributed by atoms with Gasteiger partial charge in [0, 0.05) is 18.7 Å². The average molecular weight is 435 g/mol. The molecular formula is C29H42N2O. The molecule has 0 aliphatic heterocycles. The van der Waals surface area contributed by atoms with Gasteiger partial charge in [0.1, 0.15) is 5.82 Å². The molecule has 0 saturated heterocycles. The Labute approximate surface area is 194 Å². The number of hydrogen-bond donors (Lipinski definition) is 0. The molecule has 1 heterocycles. The van der Waals surface area contributed by atoms with E-state index in [9.17, 15) is 0 Å². The van der Waals surface area contributed by atoms with Crippen molar-refractivity contribution in [1.29, 1.82) is 0 Å². The maximum Gasteiger partial charge on any atom is 0.125 e. The molecule has 10 atom stereocenters. The van der Waals surface area contributed by atoms with Crippen molar-refractivity contribution in [3.05, 3.63) is 29.9 Å². The highest BCUT2D eigenvalue weighted by molar-refractivity contribution is 5.44. The Kier molecular flexibility index (Phi) is 4.76. The van der Waals surface area contributed by atoms with Crippen molar-refractivity contribution < 1.29 is 4.74 Å². The summed E-state index contributed by atoms with van der Waals surface area (Å²) in [7, 11) is 2.01. The van der Waals surface area contributed by atoms with Crippen molar-refractivity contribution in [3.8, 4) is 0 Å². The zero-order valence-electron chi connectivity index (χ0n) is 20.8. The third-order valence-electron chi connectivity index (χ3n) is 11.9. The van der Waals surface area contributed by atoms with E-state index in [0.717, 1.165) is 41.1 Å². The minimum absolute atomic E-state index is 0.479. The van der Waals surface area contributed by atoms with E-state index >= 15 is 0 Å². The van der Waals surface area contributed by atoms with Crippen LogP contribution in [0, 0.1) is 58.7 Å². The summed E-state index contributed by atoms with van der Waals surface area (Å²) in [5.41, 5.74) is 2.60. The quantitative estimate of drug-likeness (QED) is 0.528. The molecular weight excluding hydrogens is 392 g/mol. The van der Waals surface area contributed by atoms with E-state index in [0.29, 0.717) is 28.3 Å². The lowest BCUT2D eigenvalue weighted by Gasteiger charge is -2.61. The van der Waals surface area contributed by atoms with Crippen molar-refractivity contribution in [1.82, 2.24) is 9.97 Å². The van der Waals surface area contributed by atoms with E-state index in [1.165, 1.54) is 51.4 Å². The molecule has 1 unspecified atom stereocenters. The van der Waals surface area contributed by atoms with Gasteiger partial charge in [-0.05, 0) is 117 Å². The highest BCUT2D eigenvalue weighted by Gasteiger charge is 2.77. The molecule has 0 amide bonds. The molecule has 174 valence electrons. The lowest BCUT2D eigenvalue weighted by atomic mass is 9.45. The van der Waals surface area contributed by atoms with E-state index in [2.05, 4.69) is 42.9 Å². The summed E-state index contributed by atoms with van der Waals surface area (Å²) in [6.07, 6.45) is 18.5. The van der Waals surface area contributed by atoms with Crippen molar-refractivity contribution >= 4 is 6.08 Å². The van der Waals surface area contributed by atoms with E-state index in [1.54, 1.807) is 0 Å². The Hall–Kier alpha value is -1.22. The first-order chi connectivity index (χ1) is 15.3. The predicted octanol–water partition coefficient (Wildman–Crippen LogP) is 6.72. The Balaban J connectivity index is 1.25. The van der Waals surface area contributed by atoms with Crippen LogP contribution in [-0.2, 0) is 4.74 Å². The molecule has 1 spiro atoms. The standard InChI is InChI=1S/C29H42N2O/c1-18(6-7-21-12-15-30-19(2)31-21)23-8-9-24-22-16-26(32-5)29-17-20(29)10-14-28(29,4)25(22)11-13-27(23,24)3/h6-7,12,15,18,20,22-26H,8-11,13-14,16-17H2,1-5H3/b7-6+/t18-,20-,22+,23-,24+,25+,26-,27-,28-,29?/m1/s1. The molecule has 3 nitrogen and oxygen atoms in total. The van der Waals surface area contributed by atoms with Crippen LogP contribution in [0.15, 0.2) is 18.3 Å². The minimum Gasteiger partial charge on any atom is -0.381 e. The van der Waals surface area contributed by atoms with Gasteiger partial charge in [-0.2, -0.15) is 0 Å². The molecule has 1 aromatic heterocycles. The van der Waals surface area contributed by atoms with Gasteiger partial charge in [-0.15, -0.1) is 0 Å². The monoisotopic (exact) mass is 434 g/mol. The summed E-state index contributed by atoms with van der Waals surface area (Å²) >= 11 is 0. The molecule has 0 N–H and O–H groups in total. The van der Waals surface area contributed by atoms with E-state index < -0.39 is 0 Å². The molecule has 5 saturated carbocycles. The van der Waals surface area contributed by atoms with Crippen molar-refractivity contribution in [2.45, 2.75) is 85.2 Å². The highest BCUT2D eigenvalue weighted by Crippen LogP contribution is 2.82. The number of fused-ring (bicyclic) bond motifs is 4. The van der Waals surface area contributed by atoms with Crippen molar-refractivity contribution in [2.24, 2.45) is 51.8 Å². The average Bonchev–Trinajstić information content (AvgIpc) is 3.28. The smallest absolute Gasteiger partial charge is 0.125 e. The number of nitrogens with zero attached hydrogens (tertiary/aromatic N) is 2. The fourth-order valence-corrected chi connectivity index (χ4v) is 10.4. The van der Waals surface area contributed by atoms with Gasteiger partial charge in [-0.1, -0.05) is 26.8 Å². The number of ether oxygens (including phenoxy) is 1. The normalized spacial score (nSPS) is 49.9. The van der Waals surface area contributed by atoms with Gasteiger partial charge in [-0.25, -0.2) is 9.97 Å². The largest absolute Gasteiger partial charge is 0.381 e. The Morgan fingerprint density at radius 3 is 2.72 bits per heavy atom. The molecule has 0 radical (unpaired) electrons. The summed E-state index contributed by atoms with van der Waals surface area (Å²) < 4.78 is 6.29. The number of hydrogen-bond acceptors (Lipinski definition) is 3. The van der Waals surface area contributed by atoms with Gasteiger partial charge < -0.3 is 4.74 Å². The van der Waals surface area contributed by atoms with Gasteiger partial charge in [0.25, 0.3) is 0 Å². The van der Waals surface area contributed by atoms with Gasteiger partial charge in [0.2, 0.25) is 0 Å². The minimum atomic E-state index is 0.479. The van der Waals surface area contributed by atoms with E-state index in [-0.39, 0.29) is 0 Å². The summed E-state index contributed by atoms with van der Waals surface area (Å²) in [5.74, 6) is 5.90. The van der Waals surface area contributed by atoms with Crippen molar-refractivity contribution in [2.75, 3.05) is 7.11 Å². The van der Waals surface area contributed by atoms with Crippen LogP contribution in [0.1, 0.15) is 83.7 Å². The molecule has 6 rings (SSSR count). The van der Waals surface area contributed by atoms with Crippen LogP contribution in [0.3, 0.4) is 0 Å². The van der Waals surface area contributed by atoms with E-state index in [4.69, 9.17) is 4.74 Å². The lowest BCUT2D eigenvalue weighted by Crippen LogP contribution is -2.57. The Morgan fingerprint density at radius 1 is 1.12 bits per heavy atom. The number of methoxy groups -OCH3 is 1. The van der Waals surface area contributed by atoms with Crippen LogP contribution in [0.5, 0.6) is 0 Å². The summed E-state index contributed by atoms with van der Waals surface area (Å²) in [6.45, 7) is 9.77. The third-order valence-corrected chi connectivity index (χ3v) is 11.9. The van der Waals surface area contributed by atoms with Crippen LogP contribution in [0.25, 0.3) is 6.08 Å². The second-order valence-electron chi connectivity index (χ2n) is 12.7. The fourth-order valence-electron chi connectivity index (χ4n) is 10.4.